The van der Waals surface area contributed by atoms with Gasteiger partial charge in [0, 0.05) is 18.2 Å². The largest absolute Gasteiger partial charge is 0.494 e. The van der Waals surface area contributed by atoms with E-state index in [0.717, 1.165) is 5.56 Å². The normalized spacial score (nSPS) is 10.3. The van der Waals surface area contributed by atoms with Gasteiger partial charge < -0.3 is 15.2 Å². The quantitative estimate of drug-likeness (QED) is 0.355. The molecule has 0 aliphatic rings. The first-order valence-electron chi connectivity index (χ1n) is 9.55. The van der Waals surface area contributed by atoms with E-state index in [1.54, 1.807) is 31.5 Å². The summed E-state index contributed by atoms with van der Waals surface area (Å²) in [5, 5.41) is 12.4. The van der Waals surface area contributed by atoms with Crippen molar-refractivity contribution < 1.29 is 23.9 Å². The Morgan fingerprint density at radius 3 is 2.73 bits per heavy atom. The van der Waals surface area contributed by atoms with Crippen LogP contribution in [0.3, 0.4) is 0 Å². The standard InChI is InChI=1S/C19H20FN3O4S.C2H6/c1-11-4-5-14(13(20)8-11)22-16-12-9-21-10-15(26-2)17(12)28-18(16)19(25)23-27-7-3-6-24;1-2/h4-5,8-10,22,24H,3,6-7H2,1-2H3,(H,23,25);1-2H3. The molecule has 162 valence electrons. The molecule has 0 aliphatic heterocycles. The first kappa shape index (κ1) is 23.5. The fourth-order valence-corrected chi connectivity index (χ4v) is 3.68. The molecule has 0 aliphatic carbocycles. The molecule has 0 radical (unpaired) electrons. The molecule has 0 saturated carbocycles. The lowest BCUT2D eigenvalue weighted by Gasteiger charge is -2.10. The van der Waals surface area contributed by atoms with Crippen molar-refractivity contribution in [2.75, 3.05) is 25.6 Å². The Labute approximate surface area is 178 Å². The Balaban J connectivity index is 0.00000155. The topological polar surface area (TPSA) is 92.7 Å². The fourth-order valence-electron chi connectivity index (χ4n) is 2.57. The Hall–Kier alpha value is -2.75. The smallest absolute Gasteiger partial charge is 0.287 e. The average molecular weight is 436 g/mol. The molecular formula is C21H26FN3O4S. The summed E-state index contributed by atoms with van der Waals surface area (Å²) in [6.07, 6.45) is 3.53. The number of rotatable bonds is 8. The van der Waals surface area contributed by atoms with E-state index in [9.17, 15) is 9.18 Å². The Kier molecular flexibility index (Phi) is 8.97. The number of fused-ring (bicyclic) bond motifs is 1. The summed E-state index contributed by atoms with van der Waals surface area (Å²) in [7, 11) is 1.51. The number of hydroxylamine groups is 1. The van der Waals surface area contributed by atoms with Crippen LogP contribution in [-0.2, 0) is 4.84 Å². The molecule has 9 heteroatoms. The predicted octanol–water partition coefficient (Wildman–Crippen LogP) is 4.57. The Morgan fingerprint density at radius 1 is 1.30 bits per heavy atom. The second-order valence-corrected chi connectivity index (χ2v) is 7.01. The molecule has 1 aromatic carbocycles. The lowest BCUT2D eigenvalue weighted by Crippen LogP contribution is -2.24. The van der Waals surface area contributed by atoms with Gasteiger partial charge in [-0.15, -0.1) is 11.3 Å². The predicted molar refractivity (Wildman–Crippen MR) is 117 cm³/mol. The zero-order valence-electron chi connectivity index (χ0n) is 17.4. The number of halogens is 1. The van der Waals surface area contributed by atoms with E-state index in [1.165, 1.54) is 24.5 Å². The number of aliphatic hydroxyl groups excluding tert-OH is 1. The molecule has 2 heterocycles. The van der Waals surface area contributed by atoms with E-state index in [4.69, 9.17) is 14.7 Å². The van der Waals surface area contributed by atoms with Crippen LogP contribution in [0.5, 0.6) is 5.75 Å². The summed E-state index contributed by atoms with van der Waals surface area (Å²) < 4.78 is 20.4. The van der Waals surface area contributed by atoms with Crippen LogP contribution < -0.4 is 15.5 Å². The Morgan fingerprint density at radius 2 is 2.07 bits per heavy atom. The summed E-state index contributed by atoms with van der Waals surface area (Å²) >= 11 is 1.18. The molecule has 0 saturated heterocycles. The molecular weight excluding hydrogens is 409 g/mol. The first-order valence-corrected chi connectivity index (χ1v) is 10.4. The molecule has 0 atom stereocenters. The number of benzene rings is 1. The maximum absolute atomic E-state index is 14.4. The third kappa shape index (κ3) is 5.44. The summed E-state index contributed by atoms with van der Waals surface area (Å²) in [4.78, 5) is 22.2. The zero-order valence-corrected chi connectivity index (χ0v) is 18.2. The summed E-state index contributed by atoms with van der Waals surface area (Å²) in [6.45, 7) is 5.93. The van der Waals surface area contributed by atoms with E-state index in [2.05, 4.69) is 15.8 Å². The number of carbonyl (C=O) groups is 1. The van der Waals surface area contributed by atoms with Gasteiger partial charge in [0.15, 0.2) is 5.75 Å². The van der Waals surface area contributed by atoms with Gasteiger partial charge >= 0.3 is 0 Å². The van der Waals surface area contributed by atoms with Crippen LogP contribution in [0.1, 0.15) is 35.5 Å². The van der Waals surface area contributed by atoms with Crippen molar-refractivity contribution in [2.24, 2.45) is 0 Å². The van der Waals surface area contributed by atoms with Gasteiger partial charge in [-0.2, -0.15) is 0 Å². The van der Waals surface area contributed by atoms with Crippen molar-refractivity contribution in [3.05, 3.63) is 46.9 Å². The number of aryl methyl sites for hydroxylation is 1. The van der Waals surface area contributed by atoms with Crippen molar-refractivity contribution in [2.45, 2.75) is 27.2 Å². The molecule has 30 heavy (non-hydrogen) atoms. The summed E-state index contributed by atoms with van der Waals surface area (Å²) in [6, 6.07) is 4.80. The first-order chi connectivity index (χ1) is 14.5. The third-order valence-electron chi connectivity index (χ3n) is 3.94. The second kappa shape index (κ2) is 11.4. The van der Waals surface area contributed by atoms with Crippen LogP contribution in [-0.4, -0.2) is 36.3 Å². The van der Waals surface area contributed by atoms with Gasteiger partial charge in [0.1, 0.15) is 10.7 Å². The highest BCUT2D eigenvalue weighted by atomic mass is 32.1. The number of hydrogen-bond acceptors (Lipinski definition) is 7. The van der Waals surface area contributed by atoms with Crippen molar-refractivity contribution >= 4 is 38.7 Å². The summed E-state index contributed by atoms with van der Waals surface area (Å²) in [5.41, 5.74) is 3.79. The van der Waals surface area contributed by atoms with E-state index in [-0.39, 0.29) is 18.9 Å². The molecule has 3 N–H and O–H groups in total. The van der Waals surface area contributed by atoms with Crippen molar-refractivity contribution in [3.63, 3.8) is 0 Å². The van der Waals surface area contributed by atoms with E-state index >= 15 is 0 Å². The van der Waals surface area contributed by atoms with E-state index in [1.807, 2.05) is 13.8 Å². The number of nitrogens with one attached hydrogen (secondary N) is 2. The number of methoxy groups -OCH3 is 1. The SMILES string of the molecule is CC.COc1cncc2c(Nc3ccc(C)cc3F)c(C(=O)NOCCCO)sc12. The van der Waals surface area contributed by atoms with E-state index in [0.29, 0.717) is 32.8 Å². The Bertz CT molecular complexity index is 994. The number of nitrogens with zero attached hydrogens (tertiary/aromatic N) is 1. The molecule has 1 amide bonds. The van der Waals surface area contributed by atoms with Crippen LogP contribution in [0.4, 0.5) is 15.8 Å². The highest BCUT2D eigenvalue weighted by Gasteiger charge is 2.22. The maximum Gasteiger partial charge on any atom is 0.287 e. The lowest BCUT2D eigenvalue weighted by molar-refractivity contribution is 0.0266. The van der Waals surface area contributed by atoms with E-state index < -0.39 is 11.7 Å². The average Bonchev–Trinajstić information content (AvgIpc) is 3.13. The minimum atomic E-state index is -0.490. The monoisotopic (exact) mass is 435 g/mol. The summed E-state index contributed by atoms with van der Waals surface area (Å²) in [5.74, 6) is -0.410. The molecule has 0 fully saturated rings. The van der Waals surface area contributed by atoms with Crippen molar-refractivity contribution in [1.29, 1.82) is 0 Å². The molecule has 0 bridgehead atoms. The van der Waals surface area contributed by atoms with Gasteiger partial charge in [-0.3, -0.25) is 14.6 Å². The number of anilines is 2. The van der Waals surface area contributed by atoms with Gasteiger partial charge in [-0.05, 0) is 31.0 Å². The number of carbonyl (C=O) groups excluding carboxylic acids is 1. The highest BCUT2D eigenvalue weighted by Crippen LogP contribution is 2.41. The molecule has 3 aromatic rings. The second-order valence-electron chi connectivity index (χ2n) is 5.99. The fraction of sp³-hybridized carbons (Fsp3) is 0.333. The molecule has 3 rings (SSSR count). The minimum absolute atomic E-state index is 0.0405. The van der Waals surface area contributed by atoms with Gasteiger partial charge in [-0.1, -0.05) is 19.9 Å². The molecule has 7 nitrogen and oxygen atoms in total. The lowest BCUT2D eigenvalue weighted by atomic mass is 10.2. The van der Waals surface area contributed by atoms with Crippen LogP contribution in [0.15, 0.2) is 30.6 Å². The van der Waals surface area contributed by atoms with Gasteiger partial charge in [-0.25, -0.2) is 9.87 Å². The number of hydrogen-bond donors (Lipinski definition) is 3. The number of amides is 1. The van der Waals surface area contributed by atoms with Gasteiger partial charge in [0.05, 0.1) is 36.0 Å². The zero-order chi connectivity index (χ0) is 22.1. The minimum Gasteiger partial charge on any atom is -0.494 e. The van der Waals surface area contributed by atoms with Crippen LogP contribution in [0.25, 0.3) is 10.1 Å². The maximum atomic E-state index is 14.4. The molecule has 2 aromatic heterocycles. The van der Waals surface area contributed by atoms with Crippen LogP contribution in [0.2, 0.25) is 0 Å². The third-order valence-corrected chi connectivity index (χ3v) is 5.16. The van der Waals surface area contributed by atoms with Gasteiger partial charge in [0.25, 0.3) is 5.91 Å². The molecule has 0 unspecified atom stereocenters. The highest BCUT2D eigenvalue weighted by molar-refractivity contribution is 7.22. The number of pyridine rings is 1. The van der Waals surface area contributed by atoms with Crippen LogP contribution >= 0.6 is 11.3 Å². The van der Waals surface area contributed by atoms with Crippen molar-refractivity contribution in [3.8, 4) is 5.75 Å². The number of ether oxygens (including phenoxy) is 1. The number of aliphatic hydroxyl groups is 1. The number of aromatic nitrogens is 1. The van der Waals surface area contributed by atoms with Crippen LogP contribution in [0, 0.1) is 12.7 Å². The van der Waals surface area contributed by atoms with Crippen molar-refractivity contribution in [1.82, 2.24) is 10.5 Å². The number of thiophene rings is 1. The van der Waals surface area contributed by atoms with Gasteiger partial charge in [0.2, 0.25) is 0 Å². The molecule has 0 spiro atoms.